The van der Waals surface area contributed by atoms with Gasteiger partial charge in [0.05, 0.1) is 5.02 Å². The molecule has 1 unspecified atom stereocenters. The van der Waals surface area contributed by atoms with Crippen molar-refractivity contribution in [1.82, 2.24) is 4.31 Å². The van der Waals surface area contributed by atoms with E-state index >= 15 is 0 Å². The van der Waals surface area contributed by atoms with E-state index in [-0.39, 0.29) is 26.9 Å². The van der Waals surface area contributed by atoms with Gasteiger partial charge in [-0.1, -0.05) is 25.4 Å². The van der Waals surface area contributed by atoms with E-state index in [2.05, 4.69) is 0 Å². The molecule has 0 spiro atoms. The minimum Gasteiger partial charge on any atom is -0.327 e. The van der Waals surface area contributed by atoms with E-state index in [1.165, 1.54) is 17.3 Å². The highest BCUT2D eigenvalue weighted by Gasteiger charge is 2.39. The first-order chi connectivity index (χ1) is 9.55. The highest BCUT2D eigenvalue weighted by molar-refractivity contribution is 7.89. The van der Waals surface area contributed by atoms with Crippen molar-refractivity contribution in [3.8, 4) is 0 Å². The summed E-state index contributed by atoms with van der Waals surface area (Å²) in [6.07, 6.45) is 0.587. The SMILES string of the molecule is Cc1cc(S(=O)(=O)N2CCC(N)C(C)(C)C2)c(Cl)cc1F. The van der Waals surface area contributed by atoms with Crippen molar-refractivity contribution >= 4 is 21.6 Å². The summed E-state index contributed by atoms with van der Waals surface area (Å²) < 4.78 is 40.3. The highest BCUT2D eigenvalue weighted by atomic mass is 35.5. The standard InChI is InChI=1S/C14H20ClFN2O2S/c1-9-6-12(10(15)7-11(9)16)21(19,20)18-5-4-13(17)14(2,3)8-18/h6-7,13H,4-5,8,17H2,1-3H3. The van der Waals surface area contributed by atoms with Crippen LogP contribution >= 0.6 is 11.6 Å². The van der Waals surface area contributed by atoms with Crippen molar-refractivity contribution in [3.63, 3.8) is 0 Å². The third-order valence-electron chi connectivity index (χ3n) is 4.11. The van der Waals surface area contributed by atoms with Crippen LogP contribution in [-0.2, 0) is 10.0 Å². The summed E-state index contributed by atoms with van der Waals surface area (Å²) in [5, 5.41) is -0.0919. The van der Waals surface area contributed by atoms with Gasteiger partial charge in [0, 0.05) is 19.1 Å². The Morgan fingerprint density at radius 2 is 2.05 bits per heavy atom. The van der Waals surface area contributed by atoms with E-state index in [0.717, 1.165) is 6.07 Å². The molecule has 0 aromatic heterocycles. The van der Waals surface area contributed by atoms with E-state index in [9.17, 15) is 12.8 Å². The fourth-order valence-electron chi connectivity index (χ4n) is 2.50. The van der Waals surface area contributed by atoms with Gasteiger partial charge in [-0.15, -0.1) is 0 Å². The molecule has 1 aromatic carbocycles. The molecule has 1 aliphatic rings. The van der Waals surface area contributed by atoms with Gasteiger partial charge in [0.15, 0.2) is 0 Å². The maximum Gasteiger partial charge on any atom is 0.244 e. The van der Waals surface area contributed by atoms with Crippen molar-refractivity contribution in [2.24, 2.45) is 11.1 Å². The third kappa shape index (κ3) is 3.08. The molecule has 1 fully saturated rings. The molecule has 1 heterocycles. The number of halogens is 2. The van der Waals surface area contributed by atoms with E-state index in [1.54, 1.807) is 0 Å². The van der Waals surface area contributed by atoms with Gasteiger partial charge < -0.3 is 5.73 Å². The fraction of sp³-hybridized carbons (Fsp3) is 0.571. The molecule has 0 bridgehead atoms. The molecule has 21 heavy (non-hydrogen) atoms. The van der Waals surface area contributed by atoms with Crippen LogP contribution in [0.1, 0.15) is 25.8 Å². The lowest BCUT2D eigenvalue weighted by atomic mass is 9.81. The van der Waals surface area contributed by atoms with Crippen molar-refractivity contribution in [2.45, 2.75) is 38.1 Å². The minimum atomic E-state index is -3.75. The Morgan fingerprint density at radius 3 is 2.62 bits per heavy atom. The molecule has 0 saturated carbocycles. The largest absolute Gasteiger partial charge is 0.327 e. The minimum absolute atomic E-state index is 0.0469. The second-order valence-corrected chi connectivity index (χ2v) is 8.57. The summed E-state index contributed by atoms with van der Waals surface area (Å²) in [7, 11) is -3.75. The van der Waals surface area contributed by atoms with E-state index < -0.39 is 15.8 Å². The maximum atomic E-state index is 13.5. The zero-order valence-electron chi connectivity index (χ0n) is 12.4. The van der Waals surface area contributed by atoms with Gasteiger partial charge in [-0.2, -0.15) is 4.31 Å². The van der Waals surface area contributed by atoms with Crippen molar-refractivity contribution in [2.75, 3.05) is 13.1 Å². The summed E-state index contributed by atoms with van der Waals surface area (Å²) >= 11 is 5.93. The second-order valence-electron chi connectivity index (χ2n) is 6.25. The normalized spacial score (nSPS) is 23.2. The van der Waals surface area contributed by atoms with Crippen LogP contribution in [0.2, 0.25) is 5.02 Å². The first-order valence-corrected chi connectivity index (χ1v) is 8.59. The van der Waals surface area contributed by atoms with Gasteiger partial charge >= 0.3 is 0 Å². The van der Waals surface area contributed by atoms with Crippen LogP contribution < -0.4 is 5.73 Å². The van der Waals surface area contributed by atoms with Crippen LogP contribution in [0.15, 0.2) is 17.0 Å². The Bertz CT molecular complexity index is 661. The summed E-state index contributed by atoms with van der Waals surface area (Å²) in [5.41, 5.74) is 5.98. The molecular weight excluding hydrogens is 315 g/mol. The van der Waals surface area contributed by atoms with E-state index in [0.29, 0.717) is 19.5 Å². The number of rotatable bonds is 2. The predicted molar refractivity (Wildman–Crippen MR) is 81.3 cm³/mol. The van der Waals surface area contributed by atoms with Gasteiger partial charge in [0.1, 0.15) is 10.7 Å². The quantitative estimate of drug-likeness (QED) is 0.904. The topological polar surface area (TPSA) is 63.4 Å². The number of hydrogen-bond acceptors (Lipinski definition) is 3. The molecule has 1 aliphatic heterocycles. The summed E-state index contributed by atoms with van der Waals surface area (Å²) in [6, 6.07) is 2.29. The zero-order valence-corrected chi connectivity index (χ0v) is 13.9. The molecule has 2 N–H and O–H groups in total. The number of sulfonamides is 1. The Labute approximate surface area is 130 Å². The summed E-state index contributed by atoms with van der Waals surface area (Å²) in [5.74, 6) is -0.514. The molecule has 118 valence electrons. The molecule has 0 amide bonds. The van der Waals surface area contributed by atoms with E-state index in [4.69, 9.17) is 17.3 Å². The first kappa shape index (κ1) is 16.7. The average Bonchev–Trinajstić information content (AvgIpc) is 2.36. The fourth-order valence-corrected chi connectivity index (χ4v) is 4.70. The van der Waals surface area contributed by atoms with Crippen LogP contribution in [0.4, 0.5) is 4.39 Å². The van der Waals surface area contributed by atoms with Crippen LogP contribution in [0, 0.1) is 18.2 Å². The molecule has 7 heteroatoms. The number of hydrogen-bond donors (Lipinski definition) is 1. The number of nitrogens with two attached hydrogens (primary N) is 1. The maximum absolute atomic E-state index is 13.5. The summed E-state index contributed by atoms with van der Waals surface area (Å²) in [6.45, 7) is 6.07. The summed E-state index contributed by atoms with van der Waals surface area (Å²) in [4.78, 5) is -0.0469. The second kappa shape index (κ2) is 5.50. The van der Waals surface area contributed by atoms with Crippen molar-refractivity contribution in [3.05, 3.63) is 28.5 Å². The lowest BCUT2D eigenvalue weighted by Crippen LogP contribution is -2.53. The molecule has 1 saturated heterocycles. The monoisotopic (exact) mass is 334 g/mol. The van der Waals surface area contributed by atoms with Gasteiger partial charge in [-0.3, -0.25) is 0 Å². The Balaban J connectivity index is 2.42. The lowest BCUT2D eigenvalue weighted by molar-refractivity contribution is 0.155. The van der Waals surface area contributed by atoms with E-state index in [1.807, 2.05) is 13.8 Å². The van der Waals surface area contributed by atoms with Crippen molar-refractivity contribution < 1.29 is 12.8 Å². The Kier molecular flexibility index (Phi) is 4.37. The third-order valence-corrected chi connectivity index (χ3v) is 6.42. The van der Waals surface area contributed by atoms with Crippen LogP contribution in [-0.4, -0.2) is 31.9 Å². The molecule has 2 rings (SSSR count). The first-order valence-electron chi connectivity index (χ1n) is 6.77. The highest BCUT2D eigenvalue weighted by Crippen LogP contribution is 2.34. The number of benzene rings is 1. The molecule has 0 aliphatic carbocycles. The molecule has 1 aromatic rings. The van der Waals surface area contributed by atoms with Crippen LogP contribution in [0.25, 0.3) is 0 Å². The Morgan fingerprint density at radius 1 is 1.43 bits per heavy atom. The molecule has 4 nitrogen and oxygen atoms in total. The van der Waals surface area contributed by atoms with Gasteiger partial charge in [0.2, 0.25) is 10.0 Å². The zero-order chi connectivity index (χ0) is 16.0. The van der Waals surface area contributed by atoms with Gasteiger partial charge in [-0.05, 0) is 36.5 Å². The lowest BCUT2D eigenvalue weighted by Gasteiger charge is -2.41. The van der Waals surface area contributed by atoms with Gasteiger partial charge in [0.25, 0.3) is 0 Å². The molecule has 0 radical (unpaired) electrons. The smallest absolute Gasteiger partial charge is 0.244 e. The number of aryl methyl sites for hydroxylation is 1. The predicted octanol–water partition coefficient (Wildman–Crippen LogP) is 2.54. The van der Waals surface area contributed by atoms with Crippen molar-refractivity contribution in [1.29, 1.82) is 0 Å². The van der Waals surface area contributed by atoms with Gasteiger partial charge in [-0.25, -0.2) is 12.8 Å². The molecular formula is C14H20ClFN2O2S. The Hall–Kier alpha value is -0.690. The van der Waals surface area contributed by atoms with Crippen LogP contribution in [0.5, 0.6) is 0 Å². The average molecular weight is 335 g/mol. The van der Waals surface area contributed by atoms with Crippen LogP contribution in [0.3, 0.4) is 0 Å². The number of nitrogens with zero attached hydrogens (tertiary/aromatic N) is 1. The number of piperidine rings is 1. The molecule has 1 atom stereocenters.